The summed E-state index contributed by atoms with van der Waals surface area (Å²) in [5, 5.41) is 13.3. The number of Topliss-reactive ketones (excluding diaryl/α,β-unsaturated/α-hetero) is 1. The number of likely N-dealkylation sites (tertiary alicyclic amines) is 1. The van der Waals surface area contributed by atoms with Crippen LogP contribution in [0.1, 0.15) is 33.6 Å². The van der Waals surface area contributed by atoms with E-state index in [1.165, 1.54) is 24.3 Å². The van der Waals surface area contributed by atoms with Crippen LogP contribution in [0.25, 0.3) is 0 Å². The first-order valence-electron chi connectivity index (χ1n) is 9.35. The molecule has 3 rings (SSSR count). The monoisotopic (exact) mass is 395 g/mol. The molecule has 2 amide bonds. The lowest BCUT2D eigenvalue weighted by atomic mass is 9.89. The first-order chi connectivity index (χ1) is 14.0. The second-order valence-corrected chi connectivity index (χ2v) is 6.88. The number of amides is 2. The molecule has 2 aromatic rings. The number of ketones is 1. The molecule has 2 aromatic carbocycles. The van der Waals surface area contributed by atoms with Crippen molar-refractivity contribution in [2.45, 2.75) is 12.8 Å². The normalized spacial score (nSPS) is 14.3. The number of nitro groups is 1. The first-order valence-corrected chi connectivity index (χ1v) is 9.35. The summed E-state index contributed by atoms with van der Waals surface area (Å²) in [6.45, 7) is 0.711. The van der Waals surface area contributed by atoms with Crippen LogP contribution in [0.5, 0.6) is 0 Å². The van der Waals surface area contributed by atoms with E-state index in [9.17, 15) is 24.5 Å². The molecule has 0 atom stereocenters. The number of carbonyl (C=O) groups is 3. The summed E-state index contributed by atoms with van der Waals surface area (Å²) in [4.78, 5) is 48.9. The fraction of sp³-hybridized carbons (Fsp3) is 0.286. The zero-order valence-electron chi connectivity index (χ0n) is 15.7. The molecule has 0 radical (unpaired) electrons. The summed E-state index contributed by atoms with van der Waals surface area (Å²) in [6.07, 6.45) is 1.16. The summed E-state index contributed by atoms with van der Waals surface area (Å²) >= 11 is 0. The standard InChI is InChI=1S/C21H21N3O5/c25-19(14-22-21(27)17-7-4-8-18(13-17)24(28)29)23-11-9-16(10-12-23)20(26)15-5-2-1-3-6-15/h1-8,13,16H,9-12,14H2,(H,22,27). The van der Waals surface area contributed by atoms with Crippen LogP contribution in [-0.4, -0.2) is 47.1 Å². The van der Waals surface area contributed by atoms with Crippen molar-refractivity contribution in [2.75, 3.05) is 19.6 Å². The van der Waals surface area contributed by atoms with Crippen molar-refractivity contribution >= 4 is 23.3 Å². The van der Waals surface area contributed by atoms with Crippen molar-refractivity contribution in [3.05, 3.63) is 75.8 Å². The Morgan fingerprint density at radius 2 is 1.66 bits per heavy atom. The second kappa shape index (κ2) is 9.09. The molecule has 0 bridgehead atoms. The Kier molecular flexibility index (Phi) is 6.33. The van der Waals surface area contributed by atoms with E-state index in [4.69, 9.17) is 0 Å². The molecular weight excluding hydrogens is 374 g/mol. The smallest absolute Gasteiger partial charge is 0.270 e. The van der Waals surface area contributed by atoms with Gasteiger partial charge in [0.2, 0.25) is 5.91 Å². The molecule has 8 heteroatoms. The number of nitrogens with one attached hydrogen (secondary N) is 1. The van der Waals surface area contributed by atoms with E-state index < -0.39 is 10.8 Å². The highest BCUT2D eigenvalue weighted by Crippen LogP contribution is 2.22. The minimum Gasteiger partial charge on any atom is -0.343 e. The van der Waals surface area contributed by atoms with Gasteiger partial charge < -0.3 is 10.2 Å². The van der Waals surface area contributed by atoms with Gasteiger partial charge in [0.05, 0.1) is 11.5 Å². The minimum absolute atomic E-state index is 0.0941. The van der Waals surface area contributed by atoms with Crippen LogP contribution < -0.4 is 5.32 Å². The van der Waals surface area contributed by atoms with Gasteiger partial charge in [-0.15, -0.1) is 0 Å². The Labute approximate surface area is 167 Å². The molecule has 1 fully saturated rings. The molecule has 0 unspecified atom stereocenters. The number of carbonyl (C=O) groups excluding carboxylic acids is 3. The van der Waals surface area contributed by atoms with Crippen molar-refractivity contribution in [1.82, 2.24) is 10.2 Å². The van der Waals surface area contributed by atoms with Gasteiger partial charge in [-0.05, 0) is 18.9 Å². The minimum atomic E-state index is -0.581. The Morgan fingerprint density at radius 3 is 2.31 bits per heavy atom. The van der Waals surface area contributed by atoms with Gasteiger partial charge in [0.25, 0.3) is 11.6 Å². The van der Waals surface area contributed by atoms with Crippen LogP contribution in [0.2, 0.25) is 0 Å². The number of hydrogen-bond donors (Lipinski definition) is 1. The number of nitrogens with zero attached hydrogens (tertiary/aromatic N) is 2. The van der Waals surface area contributed by atoms with Gasteiger partial charge in [0.1, 0.15) is 0 Å². The van der Waals surface area contributed by atoms with E-state index in [2.05, 4.69) is 5.32 Å². The molecule has 1 aliphatic rings. The Morgan fingerprint density at radius 1 is 1.00 bits per heavy atom. The molecule has 0 spiro atoms. The van der Waals surface area contributed by atoms with Crippen LogP contribution in [0, 0.1) is 16.0 Å². The highest BCUT2D eigenvalue weighted by atomic mass is 16.6. The molecule has 0 aromatic heterocycles. The molecular formula is C21H21N3O5. The van der Waals surface area contributed by atoms with Gasteiger partial charge in [-0.2, -0.15) is 0 Å². The van der Waals surface area contributed by atoms with Crippen LogP contribution in [0.4, 0.5) is 5.69 Å². The zero-order valence-corrected chi connectivity index (χ0v) is 15.7. The largest absolute Gasteiger partial charge is 0.343 e. The fourth-order valence-electron chi connectivity index (χ4n) is 3.36. The summed E-state index contributed by atoms with van der Waals surface area (Å²) in [6, 6.07) is 14.4. The quantitative estimate of drug-likeness (QED) is 0.459. The van der Waals surface area contributed by atoms with E-state index >= 15 is 0 Å². The van der Waals surface area contributed by atoms with Crippen molar-refractivity contribution < 1.29 is 19.3 Å². The average molecular weight is 395 g/mol. The van der Waals surface area contributed by atoms with Crippen LogP contribution in [0.3, 0.4) is 0 Å². The van der Waals surface area contributed by atoms with Crippen LogP contribution in [0.15, 0.2) is 54.6 Å². The van der Waals surface area contributed by atoms with Crippen molar-refractivity contribution in [2.24, 2.45) is 5.92 Å². The van der Waals surface area contributed by atoms with Gasteiger partial charge in [0.15, 0.2) is 5.78 Å². The van der Waals surface area contributed by atoms with E-state index in [-0.39, 0.29) is 35.4 Å². The van der Waals surface area contributed by atoms with Crippen molar-refractivity contribution in [3.63, 3.8) is 0 Å². The summed E-state index contributed by atoms with van der Waals surface area (Å²) in [7, 11) is 0. The van der Waals surface area contributed by atoms with Crippen molar-refractivity contribution in [1.29, 1.82) is 0 Å². The van der Waals surface area contributed by atoms with Gasteiger partial charge in [-0.25, -0.2) is 0 Å². The highest BCUT2D eigenvalue weighted by Gasteiger charge is 2.28. The Bertz CT molecular complexity index is 921. The lowest BCUT2D eigenvalue weighted by Gasteiger charge is -2.31. The second-order valence-electron chi connectivity index (χ2n) is 6.88. The van der Waals surface area contributed by atoms with Gasteiger partial charge >= 0.3 is 0 Å². The molecule has 1 aliphatic heterocycles. The molecule has 150 valence electrons. The maximum absolute atomic E-state index is 12.5. The first kappa shape index (κ1) is 20.2. The maximum atomic E-state index is 12.5. The fourth-order valence-corrected chi connectivity index (χ4v) is 3.36. The molecule has 29 heavy (non-hydrogen) atoms. The lowest BCUT2D eigenvalue weighted by molar-refractivity contribution is -0.384. The van der Waals surface area contributed by atoms with E-state index in [1.54, 1.807) is 17.0 Å². The van der Waals surface area contributed by atoms with Crippen molar-refractivity contribution in [3.8, 4) is 0 Å². The van der Waals surface area contributed by atoms with E-state index in [0.29, 0.717) is 31.5 Å². The van der Waals surface area contributed by atoms with Crippen LogP contribution in [-0.2, 0) is 4.79 Å². The molecule has 1 saturated heterocycles. The number of benzene rings is 2. The number of rotatable bonds is 6. The molecule has 0 saturated carbocycles. The number of non-ortho nitro benzene ring substituents is 1. The molecule has 0 aliphatic carbocycles. The number of piperidine rings is 1. The predicted molar refractivity (Wildman–Crippen MR) is 106 cm³/mol. The average Bonchev–Trinajstić information content (AvgIpc) is 2.77. The lowest BCUT2D eigenvalue weighted by Crippen LogP contribution is -2.45. The Balaban J connectivity index is 1.49. The number of hydrogen-bond acceptors (Lipinski definition) is 5. The molecule has 1 N–H and O–H groups in total. The summed E-state index contributed by atoms with van der Waals surface area (Å²) in [5.74, 6) is -0.803. The van der Waals surface area contributed by atoms with E-state index in [0.717, 1.165) is 0 Å². The Hall–Kier alpha value is -3.55. The van der Waals surface area contributed by atoms with Gasteiger partial charge in [-0.1, -0.05) is 36.4 Å². The van der Waals surface area contributed by atoms with Crippen LogP contribution >= 0.6 is 0 Å². The molecule has 8 nitrogen and oxygen atoms in total. The molecule has 1 heterocycles. The summed E-state index contributed by atoms with van der Waals surface area (Å²) < 4.78 is 0. The van der Waals surface area contributed by atoms with Gasteiger partial charge in [0, 0.05) is 42.3 Å². The summed E-state index contributed by atoms with van der Waals surface area (Å²) in [5.41, 5.74) is 0.620. The third-order valence-electron chi connectivity index (χ3n) is 5.00. The topological polar surface area (TPSA) is 110 Å². The third kappa shape index (κ3) is 5.04. The zero-order chi connectivity index (χ0) is 20.8. The highest BCUT2D eigenvalue weighted by molar-refractivity contribution is 5.98. The maximum Gasteiger partial charge on any atom is 0.270 e. The van der Waals surface area contributed by atoms with Gasteiger partial charge in [-0.3, -0.25) is 24.5 Å². The van der Waals surface area contributed by atoms with E-state index in [1.807, 2.05) is 18.2 Å². The third-order valence-corrected chi connectivity index (χ3v) is 5.00. The predicted octanol–water partition coefficient (Wildman–Crippen LogP) is 2.45. The number of nitro benzene ring substituents is 1. The SMILES string of the molecule is O=C(NCC(=O)N1CCC(C(=O)c2ccccc2)CC1)c1cccc([N+](=O)[O-])c1.